The van der Waals surface area contributed by atoms with Gasteiger partial charge in [0.2, 0.25) is 0 Å². The average Bonchev–Trinajstić information content (AvgIpc) is 2.74. The van der Waals surface area contributed by atoms with Gasteiger partial charge in [0.15, 0.2) is 0 Å². The molecular formula is C15H13NO2S. The number of anilines is 2. The summed E-state index contributed by atoms with van der Waals surface area (Å²) in [6, 6.07) is 15.3. The standard InChI is InChI=1S/C15H13NO2S/c1-10-16(13-4-2-3-5-14(13)19-10)12-8-6-11(7-9-12)15(17)18/h2-10H,1H3,(H,17,18). The highest BCUT2D eigenvalue weighted by Crippen LogP contribution is 2.46. The van der Waals surface area contributed by atoms with Gasteiger partial charge in [-0.1, -0.05) is 23.9 Å². The molecule has 0 bridgehead atoms. The lowest BCUT2D eigenvalue weighted by Gasteiger charge is -2.24. The number of carboxylic acid groups (broad SMARTS) is 1. The van der Waals surface area contributed by atoms with Crippen LogP contribution in [0.4, 0.5) is 11.4 Å². The van der Waals surface area contributed by atoms with Gasteiger partial charge in [-0.05, 0) is 43.3 Å². The summed E-state index contributed by atoms with van der Waals surface area (Å²) in [5.74, 6) is -0.893. The minimum Gasteiger partial charge on any atom is -0.478 e. The van der Waals surface area contributed by atoms with E-state index < -0.39 is 5.97 Å². The van der Waals surface area contributed by atoms with Crippen molar-refractivity contribution in [3.8, 4) is 0 Å². The number of benzene rings is 2. The highest BCUT2D eigenvalue weighted by molar-refractivity contribution is 8.00. The maximum absolute atomic E-state index is 10.9. The lowest BCUT2D eigenvalue weighted by Crippen LogP contribution is -2.20. The maximum Gasteiger partial charge on any atom is 0.335 e. The average molecular weight is 271 g/mol. The topological polar surface area (TPSA) is 40.5 Å². The van der Waals surface area contributed by atoms with Gasteiger partial charge in [-0.3, -0.25) is 0 Å². The van der Waals surface area contributed by atoms with Crippen molar-refractivity contribution in [1.82, 2.24) is 0 Å². The third kappa shape index (κ3) is 2.08. The van der Waals surface area contributed by atoms with Crippen LogP contribution >= 0.6 is 11.8 Å². The van der Waals surface area contributed by atoms with E-state index in [1.54, 1.807) is 12.1 Å². The van der Waals surface area contributed by atoms with Crippen LogP contribution in [-0.4, -0.2) is 16.4 Å². The molecule has 1 atom stereocenters. The molecule has 1 aliphatic heterocycles. The molecule has 0 aromatic heterocycles. The minimum absolute atomic E-state index is 0.313. The van der Waals surface area contributed by atoms with Gasteiger partial charge in [-0.15, -0.1) is 0 Å². The maximum atomic E-state index is 10.9. The Kier molecular flexibility index (Phi) is 2.95. The summed E-state index contributed by atoms with van der Waals surface area (Å²) in [7, 11) is 0. The monoisotopic (exact) mass is 271 g/mol. The predicted molar refractivity (Wildman–Crippen MR) is 77.3 cm³/mol. The first-order chi connectivity index (χ1) is 9.16. The molecule has 2 aromatic rings. The normalized spacial score (nSPS) is 17.3. The molecule has 1 aliphatic rings. The van der Waals surface area contributed by atoms with Crippen molar-refractivity contribution in [3.05, 3.63) is 54.1 Å². The molecule has 1 heterocycles. The second-order valence-corrected chi connectivity index (χ2v) is 5.76. The molecule has 3 rings (SSSR count). The van der Waals surface area contributed by atoms with Crippen LogP contribution in [0.5, 0.6) is 0 Å². The van der Waals surface area contributed by atoms with Crippen LogP contribution in [0.15, 0.2) is 53.4 Å². The SMILES string of the molecule is CC1Sc2ccccc2N1c1ccc(C(=O)O)cc1. The Morgan fingerprint density at radius 3 is 2.53 bits per heavy atom. The number of hydrogen-bond donors (Lipinski definition) is 1. The summed E-state index contributed by atoms with van der Waals surface area (Å²) in [6.45, 7) is 2.15. The molecule has 0 saturated heterocycles. The molecule has 3 nitrogen and oxygen atoms in total. The van der Waals surface area contributed by atoms with Crippen molar-refractivity contribution >= 4 is 29.1 Å². The fourth-order valence-electron chi connectivity index (χ4n) is 2.30. The Bertz CT molecular complexity index is 624. The van der Waals surface area contributed by atoms with Crippen molar-refractivity contribution in [1.29, 1.82) is 0 Å². The summed E-state index contributed by atoms with van der Waals surface area (Å²) in [5.41, 5.74) is 2.52. The van der Waals surface area contributed by atoms with E-state index in [2.05, 4.69) is 24.0 Å². The zero-order chi connectivity index (χ0) is 13.4. The molecule has 0 saturated carbocycles. The highest BCUT2D eigenvalue weighted by Gasteiger charge is 2.27. The van der Waals surface area contributed by atoms with Gasteiger partial charge < -0.3 is 10.0 Å². The largest absolute Gasteiger partial charge is 0.478 e. The van der Waals surface area contributed by atoms with Gasteiger partial charge in [0.25, 0.3) is 0 Å². The number of carbonyl (C=O) groups is 1. The van der Waals surface area contributed by atoms with E-state index >= 15 is 0 Å². The summed E-state index contributed by atoms with van der Waals surface area (Å²) in [6.07, 6.45) is 0. The summed E-state index contributed by atoms with van der Waals surface area (Å²) >= 11 is 1.81. The van der Waals surface area contributed by atoms with Gasteiger partial charge in [-0.2, -0.15) is 0 Å². The molecule has 2 aromatic carbocycles. The van der Waals surface area contributed by atoms with Crippen LogP contribution in [-0.2, 0) is 0 Å². The highest BCUT2D eigenvalue weighted by atomic mass is 32.2. The Balaban J connectivity index is 2.00. The summed E-state index contributed by atoms with van der Waals surface area (Å²) in [4.78, 5) is 14.4. The lowest BCUT2D eigenvalue weighted by molar-refractivity contribution is 0.0697. The van der Waals surface area contributed by atoms with E-state index in [0.29, 0.717) is 10.9 Å². The third-order valence-electron chi connectivity index (χ3n) is 3.18. The van der Waals surface area contributed by atoms with Crippen LogP contribution in [0.1, 0.15) is 17.3 Å². The number of hydrogen-bond acceptors (Lipinski definition) is 3. The molecule has 0 aliphatic carbocycles. The van der Waals surface area contributed by atoms with Crippen LogP contribution in [0.25, 0.3) is 0 Å². The molecule has 0 radical (unpaired) electrons. The van der Waals surface area contributed by atoms with E-state index in [1.165, 1.54) is 10.6 Å². The second kappa shape index (κ2) is 4.63. The van der Waals surface area contributed by atoms with Crippen molar-refractivity contribution in [3.63, 3.8) is 0 Å². The van der Waals surface area contributed by atoms with E-state index in [1.807, 2.05) is 36.0 Å². The molecule has 19 heavy (non-hydrogen) atoms. The quantitative estimate of drug-likeness (QED) is 0.897. The first-order valence-corrected chi connectivity index (χ1v) is 6.93. The van der Waals surface area contributed by atoms with Crippen molar-refractivity contribution in [2.24, 2.45) is 0 Å². The van der Waals surface area contributed by atoms with E-state index in [9.17, 15) is 4.79 Å². The fraction of sp³-hybridized carbons (Fsp3) is 0.133. The van der Waals surface area contributed by atoms with E-state index in [-0.39, 0.29) is 0 Å². The van der Waals surface area contributed by atoms with E-state index in [0.717, 1.165) is 5.69 Å². The fourth-order valence-corrected chi connectivity index (χ4v) is 3.45. The minimum atomic E-state index is -0.893. The Morgan fingerprint density at radius 2 is 1.84 bits per heavy atom. The van der Waals surface area contributed by atoms with Crippen LogP contribution < -0.4 is 4.90 Å². The Hall–Kier alpha value is -1.94. The molecule has 1 N–H and O–H groups in total. The van der Waals surface area contributed by atoms with Gasteiger partial charge in [0.1, 0.15) is 0 Å². The molecule has 0 spiro atoms. The van der Waals surface area contributed by atoms with Gasteiger partial charge in [-0.25, -0.2) is 4.79 Å². The van der Waals surface area contributed by atoms with Crippen molar-refractivity contribution < 1.29 is 9.90 Å². The number of rotatable bonds is 2. The number of thioether (sulfide) groups is 1. The molecular weight excluding hydrogens is 258 g/mol. The first-order valence-electron chi connectivity index (χ1n) is 6.05. The molecule has 0 fully saturated rings. The number of fused-ring (bicyclic) bond motifs is 1. The number of aromatic carboxylic acids is 1. The van der Waals surface area contributed by atoms with Gasteiger partial charge in [0, 0.05) is 10.6 Å². The van der Waals surface area contributed by atoms with Gasteiger partial charge in [0.05, 0.1) is 16.6 Å². The summed E-state index contributed by atoms with van der Waals surface area (Å²) in [5, 5.41) is 9.25. The molecule has 1 unspecified atom stereocenters. The van der Waals surface area contributed by atoms with Crippen LogP contribution in [0.3, 0.4) is 0 Å². The van der Waals surface area contributed by atoms with Crippen LogP contribution in [0, 0.1) is 0 Å². The number of nitrogens with zero attached hydrogens (tertiary/aromatic N) is 1. The Labute approximate surface area is 115 Å². The van der Waals surface area contributed by atoms with Crippen LogP contribution in [0.2, 0.25) is 0 Å². The number of carboxylic acids is 1. The van der Waals surface area contributed by atoms with Crippen molar-refractivity contribution in [2.45, 2.75) is 17.2 Å². The molecule has 0 amide bonds. The Morgan fingerprint density at radius 1 is 1.16 bits per heavy atom. The predicted octanol–water partition coefficient (Wildman–Crippen LogP) is 3.97. The molecule has 96 valence electrons. The second-order valence-electron chi connectivity index (χ2n) is 4.41. The first kappa shape index (κ1) is 12.1. The lowest BCUT2D eigenvalue weighted by atomic mass is 10.2. The smallest absolute Gasteiger partial charge is 0.335 e. The molecule has 4 heteroatoms. The summed E-state index contributed by atoms with van der Waals surface area (Å²) < 4.78 is 0. The zero-order valence-corrected chi connectivity index (χ0v) is 11.2. The van der Waals surface area contributed by atoms with Crippen molar-refractivity contribution in [2.75, 3.05) is 4.90 Å². The third-order valence-corrected chi connectivity index (χ3v) is 4.33. The zero-order valence-electron chi connectivity index (χ0n) is 10.4. The van der Waals surface area contributed by atoms with Gasteiger partial charge >= 0.3 is 5.97 Å². The van der Waals surface area contributed by atoms with E-state index in [4.69, 9.17) is 5.11 Å². The number of para-hydroxylation sites is 1.